The predicted octanol–water partition coefficient (Wildman–Crippen LogP) is 4.51. The number of benzene rings is 2. The number of nitrogens with one attached hydrogen (secondary N) is 2. The van der Waals surface area contributed by atoms with Crippen molar-refractivity contribution in [1.82, 2.24) is 4.98 Å². The van der Waals surface area contributed by atoms with Crippen LogP contribution in [0.4, 0.5) is 17.1 Å². The van der Waals surface area contributed by atoms with Crippen molar-refractivity contribution in [2.24, 2.45) is 0 Å². The molecule has 0 aliphatic heterocycles. The summed E-state index contributed by atoms with van der Waals surface area (Å²) in [6.45, 7) is 2.08. The van der Waals surface area contributed by atoms with Crippen LogP contribution in [0.25, 0.3) is 0 Å². The largest absolute Gasteiger partial charge is 0.354 e. The summed E-state index contributed by atoms with van der Waals surface area (Å²) in [4.78, 5) is 16.6. The van der Waals surface area contributed by atoms with E-state index in [0.717, 1.165) is 12.1 Å². The normalized spacial score (nSPS) is 10.0. The van der Waals surface area contributed by atoms with Crippen LogP contribution in [-0.2, 0) is 6.42 Å². The van der Waals surface area contributed by atoms with Crippen LogP contribution in [0, 0.1) is 11.3 Å². The van der Waals surface area contributed by atoms with Crippen molar-refractivity contribution in [2.45, 2.75) is 13.3 Å². The summed E-state index contributed by atoms with van der Waals surface area (Å²) in [6, 6.07) is 20.5. The number of hydrogen-bond donors (Lipinski definition) is 2. The molecule has 0 radical (unpaired) electrons. The second kappa shape index (κ2) is 7.95. The number of hydrogen-bond acceptors (Lipinski definition) is 4. The van der Waals surface area contributed by atoms with Gasteiger partial charge in [-0.15, -0.1) is 0 Å². The lowest BCUT2D eigenvalue weighted by Gasteiger charge is -2.10. The van der Waals surface area contributed by atoms with Crippen LogP contribution in [0.15, 0.2) is 66.9 Å². The molecule has 2 aromatic carbocycles. The number of nitriles is 1. The van der Waals surface area contributed by atoms with E-state index >= 15 is 0 Å². The Morgan fingerprint density at radius 2 is 1.85 bits per heavy atom. The molecular formula is C21H18N4O. The monoisotopic (exact) mass is 342 g/mol. The maximum absolute atomic E-state index is 12.4. The van der Waals surface area contributed by atoms with Crippen LogP contribution in [0.3, 0.4) is 0 Å². The molecule has 3 aromatic rings. The SMILES string of the molecule is CCc1ccc(NC(=O)c2cc(Nc3ccccc3C#N)ccn2)cc1. The third-order valence-electron chi connectivity index (χ3n) is 3.94. The Morgan fingerprint density at radius 3 is 2.58 bits per heavy atom. The van der Waals surface area contributed by atoms with Crippen molar-refractivity contribution in [1.29, 1.82) is 5.26 Å². The topological polar surface area (TPSA) is 77.8 Å². The summed E-state index contributed by atoms with van der Waals surface area (Å²) in [5, 5.41) is 15.2. The van der Waals surface area contributed by atoms with Gasteiger partial charge < -0.3 is 10.6 Å². The molecule has 0 fully saturated rings. The fourth-order valence-electron chi connectivity index (χ4n) is 2.50. The summed E-state index contributed by atoms with van der Waals surface area (Å²) in [7, 11) is 0. The first-order valence-corrected chi connectivity index (χ1v) is 8.32. The third kappa shape index (κ3) is 4.05. The highest BCUT2D eigenvalue weighted by Crippen LogP contribution is 2.20. The third-order valence-corrected chi connectivity index (χ3v) is 3.94. The van der Waals surface area contributed by atoms with E-state index < -0.39 is 0 Å². The molecule has 0 unspecified atom stereocenters. The minimum Gasteiger partial charge on any atom is -0.354 e. The van der Waals surface area contributed by atoms with E-state index in [2.05, 4.69) is 28.6 Å². The lowest BCUT2D eigenvalue weighted by Crippen LogP contribution is -2.13. The van der Waals surface area contributed by atoms with Crippen LogP contribution in [-0.4, -0.2) is 10.9 Å². The second-order valence-corrected chi connectivity index (χ2v) is 5.72. The number of anilines is 3. The Labute approximate surface area is 152 Å². The molecule has 1 amide bonds. The van der Waals surface area contributed by atoms with Crippen LogP contribution in [0.1, 0.15) is 28.5 Å². The summed E-state index contributed by atoms with van der Waals surface area (Å²) in [5.74, 6) is -0.286. The Hall–Kier alpha value is -3.65. The van der Waals surface area contributed by atoms with E-state index in [9.17, 15) is 10.1 Å². The van der Waals surface area contributed by atoms with Gasteiger partial charge in [-0.2, -0.15) is 5.26 Å². The molecule has 2 N–H and O–H groups in total. The van der Waals surface area contributed by atoms with Gasteiger partial charge in [0.1, 0.15) is 11.8 Å². The fourth-order valence-corrected chi connectivity index (χ4v) is 2.50. The highest BCUT2D eigenvalue weighted by molar-refractivity contribution is 6.03. The van der Waals surface area contributed by atoms with Gasteiger partial charge in [-0.25, -0.2) is 0 Å². The van der Waals surface area contributed by atoms with Crippen molar-refractivity contribution in [3.8, 4) is 6.07 Å². The highest BCUT2D eigenvalue weighted by atomic mass is 16.1. The van der Waals surface area contributed by atoms with E-state index in [0.29, 0.717) is 22.6 Å². The van der Waals surface area contributed by atoms with Crippen LogP contribution >= 0.6 is 0 Å². The number of nitrogens with zero attached hydrogens (tertiary/aromatic N) is 2. The van der Waals surface area contributed by atoms with Gasteiger partial charge in [-0.3, -0.25) is 9.78 Å². The van der Waals surface area contributed by atoms with E-state index in [1.165, 1.54) is 5.56 Å². The molecule has 0 spiro atoms. The molecule has 128 valence electrons. The Bertz CT molecular complexity index is 958. The molecule has 5 nitrogen and oxygen atoms in total. The number of pyridine rings is 1. The van der Waals surface area contributed by atoms with Crippen molar-refractivity contribution < 1.29 is 4.79 Å². The maximum atomic E-state index is 12.4. The molecule has 5 heteroatoms. The summed E-state index contributed by atoms with van der Waals surface area (Å²) in [6.07, 6.45) is 2.51. The fraction of sp³-hybridized carbons (Fsp3) is 0.0952. The number of carbonyl (C=O) groups is 1. The van der Waals surface area contributed by atoms with E-state index in [4.69, 9.17) is 0 Å². The summed E-state index contributed by atoms with van der Waals surface area (Å²) < 4.78 is 0. The van der Waals surface area contributed by atoms with Gasteiger partial charge in [0, 0.05) is 17.6 Å². The van der Waals surface area contributed by atoms with E-state index in [-0.39, 0.29) is 5.91 Å². The minimum absolute atomic E-state index is 0.286. The highest BCUT2D eigenvalue weighted by Gasteiger charge is 2.09. The Balaban J connectivity index is 1.75. The Kier molecular flexibility index (Phi) is 5.25. The standard InChI is InChI=1S/C21H18N4O/c1-2-15-7-9-17(10-8-15)25-21(26)20-13-18(11-12-23-20)24-19-6-4-3-5-16(19)14-22/h3-13H,2H2,1H3,(H,23,24)(H,25,26). The summed E-state index contributed by atoms with van der Waals surface area (Å²) >= 11 is 0. The quantitative estimate of drug-likeness (QED) is 0.715. The first-order valence-electron chi connectivity index (χ1n) is 8.32. The number of amides is 1. The van der Waals surface area contributed by atoms with Gasteiger partial charge in [-0.05, 0) is 48.4 Å². The zero-order valence-electron chi connectivity index (χ0n) is 14.4. The zero-order valence-corrected chi connectivity index (χ0v) is 14.4. The minimum atomic E-state index is -0.286. The molecular weight excluding hydrogens is 324 g/mol. The number of aromatic nitrogens is 1. The van der Waals surface area contributed by atoms with Crippen molar-refractivity contribution in [3.63, 3.8) is 0 Å². The number of carbonyl (C=O) groups excluding carboxylic acids is 1. The molecule has 0 saturated heterocycles. The molecule has 0 aliphatic rings. The lowest BCUT2D eigenvalue weighted by molar-refractivity contribution is 0.102. The van der Waals surface area contributed by atoms with Gasteiger partial charge in [0.15, 0.2) is 0 Å². The van der Waals surface area contributed by atoms with Crippen molar-refractivity contribution in [3.05, 3.63) is 83.7 Å². The molecule has 1 aromatic heterocycles. The summed E-state index contributed by atoms with van der Waals surface area (Å²) in [5.41, 5.74) is 4.14. The first kappa shape index (κ1) is 17.2. The molecule has 0 atom stereocenters. The lowest BCUT2D eigenvalue weighted by atomic mass is 10.1. The smallest absolute Gasteiger partial charge is 0.274 e. The molecule has 0 saturated carbocycles. The van der Waals surface area contributed by atoms with Gasteiger partial charge in [0.25, 0.3) is 5.91 Å². The van der Waals surface area contributed by atoms with Crippen molar-refractivity contribution >= 4 is 23.0 Å². The van der Waals surface area contributed by atoms with Gasteiger partial charge in [0.2, 0.25) is 0 Å². The van der Waals surface area contributed by atoms with Gasteiger partial charge in [0.05, 0.1) is 11.3 Å². The van der Waals surface area contributed by atoms with Crippen LogP contribution in [0.5, 0.6) is 0 Å². The molecule has 0 aliphatic carbocycles. The zero-order chi connectivity index (χ0) is 18.4. The van der Waals surface area contributed by atoms with Gasteiger partial charge in [-0.1, -0.05) is 31.2 Å². The van der Waals surface area contributed by atoms with E-state index in [1.54, 1.807) is 30.5 Å². The maximum Gasteiger partial charge on any atom is 0.274 e. The number of para-hydroxylation sites is 1. The molecule has 3 rings (SSSR count). The predicted molar refractivity (Wildman–Crippen MR) is 102 cm³/mol. The van der Waals surface area contributed by atoms with Gasteiger partial charge >= 0.3 is 0 Å². The van der Waals surface area contributed by atoms with Crippen LogP contribution in [0.2, 0.25) is 0 Å². The average Bonchev–Trinajstić information content (AvgIpc) is 2.69. The van der Waals surface area contributed by atoms with Crippen molar-refractivity contribution in [2.75, 3.05) is 10.6 Å². The average molecular weight is 342 g/mol. The Morgan fingerprint density at radius 1 is 1.08 bits per heavy atom. The molecule has 0 bridgehead atoms. The van der Waals surface area contributed by atoms with E-state index in [1.807, 2.05) is 36.4 Å². The second-order valence-electron chi connectivity index (χ2n) is 5.72. The molecule has 26 heavy (non-hydrogen) atoms. The van der Waals surface area contributed by atoms with Crippen LogP contribution < -0.4 is 10.6 Å². The molecule has 1 heterocycles. The first-order chi connectivity index (χ1) is 12.7. The number of aryl methyl sites for hydroxylation is 1. The number of rotatable bonds is 5.